The number of hydrogen-bond acceptors (Lipinski definition) is 2. The average Bonchev–Trinajstić information content (AvgIpc) is 2.40. The van der Waals surface area contributed by atoms with Crippen LogP contribution in [0, 0.1) is 17.1 Å². The van der Waals surface area contributed by atoms with Crippen LogP contribution in [-0.2, 0) is 6.54 Å². The van der Waals surface area contributed by atoms with Gasteiger partial charge in [-0.25, -0.2) is 4.39 Å². The zero-order valence-corrected chi connectivity index (χ0v) is 10.1. The lowest BCUT2D eigenvalue weighted by molar-refractivity contribution is 0.627. The second kappa shape index (κ2) is 5.33. The van der Waals surface area contributed by atoms with Gasteiger partial charge < -0.3 is 4.90 Å². The molecular formula is C15H13FN2. The molecule has 90 valence electrons. The van der Waals surface area contributed by atoms with Crippen LogP contribution in [0.5, 0.6) is 0 Å². The zero-order chi connectivity index (χ0) is 13.0. The Morgan fingerprint density at radius 3 is 2.44 bits per heavy atom. The Bertz CT molecular complexity index is 570. The molecule has 0 N–H and O–H groups in total. The fraction of sp³-hybridized carbons (Fsp3) is 0.133. The fourth-order valence-corrected chi connectivity index (χ4v) is 1.81. The van der Waals surface area contributed by atoms with E-state index in [0.717, 1.165) is 11.3 Å². The van der Waals surface area contributed by atoms with E-state index in [9.17, 15) is 4.39 Å². The van der Waals surface area contributed by atoms with Crippen molar-refractivity contribution < 1.29 is 4.39 Å². The van der Waals surface area contributed by atoms with E-state index in [-0.39, 0.29) is 5.82 Å². The number of nitrogens with zero attached hydrogens (tertiary/aromatic N) is 2. The standard InChI is InChI=1S/C15H13FN2/c1-18(15-8-6-14(16)7-9-15)11-13-5-3-2-4-12(13)10-17/h2-9H,11H2,1H3. The van der Waals surface area contributed by atoms with Crippen molar-refractivity contribution in [3.8, 4) is 6.07 Å². The Hall–Kier alpha value is -2.34. The molecule has 0 saturated heterocycles. The summed E-state index contributed by atoms with van der Waals surface area (Å²) >= 11 is 0. The zero-order valence-electron chi connectivity index (χ0n) is 10.1. The molecule has 18 heavy (non-hydrogen) atoms. The maximum atomic E-state index is 12.8. The first-order valence-corrected chi connectivity index (χ1v) is 5.65. The maximum Gasteiger partial charge on any atom is 0.123 e. The summed E-state index contributed by atoms with van der Waals surface area (Å²) in [5.74, 6) is -0.246. The lowest BCUT2D eigenvalue weighted by Crippen LogP contribution is -2.17. The Morgan fingerprint density at radius 1 is 1.11 bits per heavy atom. The van der Waals surface area contributed by atoms with Crippen molar-refractivity contribution in [2.24, 2.45) is 0 Å². The van der Waals surface area contributed by atoms with Crippen molar-refractivity contribution >= 4 is 5.69 Å². The minimum atomic E-state index is -0.246. The number of nitriles is 1. The van der Waals surface area contributed by atoms with Crippen LogP contribution in [-0.4, -0.2) is 7.05 Å². The first-order chi connectivity index (χ1) is 8.70. The van der Waals surface area contributed by atoms with E-state index >= 15 is 0 Å². The third-order valence-electron chi connectivity index (χ3n) is 2.81. The minimum absolute atomic E-state index is 0.246. The topological polar surface area (TPSA) is 27.0 Å². The quantitative estimate of drug-likeness (QED) is 0.822. The molecule has 0 bridgehead atoms. The van der Waals surface area contributed by atoms with Gasteiger partial charge in [-0.1, -0.05) is 18.2 Å². The molecule has 3 heteroatoms. The molecule has 0 saturated carbocycles. The molecule has 2 rings (SSSR count). The number of anilines is 1. The third-order valence-corrected chi connectivity index (χ3v) is 2.81. The summed E-state index contributed by atoms with van der Waals surface area (Å²) in [6.45, 7) is 0.620. The van der Waals surface area contributed by atoms with Gasteiger partial charge in [0.25, 0.3) is 0 Å². The van der Waals surface area contributed by atoms with E-state index in [4.69, 9.17) is 5.26 Å². The highest BCUT2D eigenvalue weighted by Crippen LogP contribution is 2.17. The fourth-order valence-electron chi connectivity index (χ4n) is 1.81. The normalized spacial score (nSPS) is 9.83. The molecule has 0 aliphatic heterocycles. The highest BCUT2D eigenvalue weighted by atomic mass is 19.1. The summed E-state index contributed by atoms with van der Waals surface area (Å²) < 4.78 is 12.8. The second-order valence-electron chi connectivity index (χ2n) is 4.10. The number of halogens is 1. The Labute approximate surface area is 106 Å². The van der Waals surface area contributed by atoms with Gasteiger partial charge in [0.2, 0.25) is 0 Å². The summed E-state index contributed by atoms with van der Waals surface area (Å²) in [5.41, 5.74) is 2.56. The van der Waals surface area contributed by atoms with E-state index < -0.39 is 0 Å². The van der Waals surface area contributed by atoms with Crippen molar-refractivity contribution in [1.29, 1.82) is 5.26 Å². The van der Waals surface area contributed by atoms with E-state index in [1.165, 1.54) is 12.1 Å². The molecule has 0 aliphatic carbocycles. The number of hydrogen-bond donors (Lipinski definition) is 0. The molecule has 0 aliphatic rings. The summed E-state index contributed by atoms with van der Waals surface area (Å²) in [4.78, 5) is 1.98. The molecule has 2 aromatic carbocycles. The SMILES string of the molecule is CN(Cc1ccccc1C#N)c1ccc(F)cc1. The minimum Gasteiger partial charge on any atom is -0.370 e. The molecule has 0 spiro atoms. The van der Waals surface area contributed by atoms with Gasteiger partial charge in [-0.2, -0.15) is 5.26 Å². The maximum absolute atomic E-state index is 12.8. The van der Waals surface area contributed by atoms with Gasteiger partial charge in [0.05, 0.1) is 11.6 Å². The largest absolute Gasteiger partial charge is 0.370 e. The smallest absolute Gasteiger partial charge is 0.123 e. The van der Waals surface area contributed by atoms with Gasteiger partial charge in [0.15, 0.2) is 0 Å². The van der Waals surface area contributed by atoms with E-state index in [0.29, 0.717) is 12.1 Å². The van der Waals surface area contributed by atoms with E-state index in [1.54, 1.807) is 18.2 Å². The Balaban J connectivity index is 2.19. The van der Waals surface area contributed by atoms with Crippen LogP contribution in [0.2, 0.25) is 0 Å². The third kappa shape index (κ3) is 2.67. The van der Waals surface area contributed by atoms with Crippen LogP contribution in [0.4, 0.5) is 10.1 Å². The molecular weight excluding hydrogens is 227 g/mol. The Kier molecular flexibility index (Phi) is 3.59. The van der Waals surface area contributed by atoms with E-state index in [1.807, 2.05) is 30.1 Å². The second-order valence-corrected chi connectivity index (χ2v) is 4.10. The van der Waals surface area contributed by atoms with Crippen LogP contribution in [0.15, 0.2) is 48.5 Å². The number of benzene rings is 2. The summed E-state index contributed by atoms with van der Waals surface area (Å²) in [7, 11) is 1.92. The van der Waals surface area contributed by atoms with Crippen molar-refractivity contribution in [2.45, 2.75) is 6.54 Å². The first kappa shape index (κ1) is 12.1. The first-order valence-electron chi connectivity index (χ1n) is 5.65. The van der Waals surface area contributed by atoms with Crippen LogP contribution in [0.25, 0.3) is 0 Å². The lowest BCUT2D eigenvalue weighted by Gasteiger charge is -2.19. The van der Waals surface area contributed by atoms with Crippen LogP contribution < -0.4 is 4.90 Å². The molecule has 0 atom stereocenters. The van der Waals surface area contributed by atoms with E-state index in [2.05, 4.69) is 6.07 Å². The Morgan fingerprint density at radius 2 is 1.78 bits per heavy atom. The van der Waals surface area contributed by atoms with Gasteiger partial charge in [0.1, 0.15) is 5.82 Å². The van der Waals surface area contributed by atoms with Crippen molar-refractivity contribution in [2.75, 3.05) is 11.9 Å². The van der Waals surface area contributed by atoms with Gasteiger partial charge in [-0.05, 0) is 35.9 Å². The monoisotopic (exact) mass is 240 g/mol. The molecule has 0 radical (unpaired) electrons. The van der Waals surface area contributed by atoms with Gasteiger partial charge in [-0.15, -0.1) is 0 Å². The molecule has 0 heterocycles. The molecule has 0 unspecified atom stereocenters. The highest BCUT2D eigenvalue weighted by Gasteiger charge is 2.05. The number of rotatable bonds is 3. The van der Waals surface area contributed by atoms with Crippen molar-refractivity contribution in [3.05, 3.63) is 65.5 Å². The summed E-state index contributed by atoms with van der Waals surface area (Å²) in [6, 6.07) is 16.0. The predicted molar refractivity (Wildman–Crippen MR) is 69.7 cm³/mol. The predicted octanol–water partition coefficient (Wildman–Crippen LogP) is 3.33. The van der Waals surface area contributed by atoms with Gasteiger partial charge >= 0.3 is 0 Å². The lowest BCUT2D eigenvalue weighted by atomic mass is 10.1. The molecule has 0 fully saturated rings. The molecule has 2 aromatic rings. The van der Waals surface area contributed by atoms with Gasteiger partial charge in [-0.3, -0.25) is 0 Å². The average molecular weight is 240 g/mol. The van der Waals surface area contributed by atoms with Crippen LogP contribution in [0.1, 0.15) is 11.1 Å². The van der Waals surface area contributed by atoms with Crippen molar-refractivity contribution in [1.82, 2.24) is 0 Å². The molecule has 2 nitrogen and oxygen atoms in total. The summed E-state index contributed by atoms with van der Waals surface area (Å²) in [5, 5.41) is 9.02. The molecule has 0 aromatic heterocycles. The molecule has 0 amide bonds. The van der Waals surface area contributed by atoms with Crippen molar-refractivity contribution in [3.63, 3.8) is 0 Å². The van der Waals surface area contributed by atoms with Crippen LogP contribution in [0.3, 0.4) is 0 Å². The van der Waals surface area contributed by atoms with Crippen LogP contribution >= 0.6 is 0 Å². The highest BCUT2D eigenvalue weighted by molar-refractivity contribution is 5.48. The summed E-state index contributed by atoms with van der Waals surface area (Å²) in [6.07, 6.45) is 0. The van der Waals surface area contributed by atoms with Gasteiger partial charge in [0, 0.05) is 19.3 Å².